The van der Waals surface area contributed by atoms with E-state index in [0.29, 0.717) is 0 Å². The maximum absolute atomic E-state index is 8.69. The fourth-order valence-electron chi connectivity index (χ4n) is 1.65. The highest BCUT2D eigenvalue weighted by Gasteiger charge is 2.63. The molecule has 0 radical (unpaired) electrons. The smallest absolute Gasteiger partial charge is 0.0900 e. The van der Waals surface area contributed by atoms with E-state index < -0.39 is 0 Å². The van der Waals surface area contributed by atoms with Crippen molar-refractivity contribution in [2.24, 2.45) is 11.8 Å². The summed E-state index contributed by atoms with van der Waals surface area (Å²) in [5.41, 5.74) is 0. The summed E-state index contributed by atoms with van der Waals surface area (Å²) in [6.45, 7) is 0.318. The molecule has 2 unspecified atom stereocenters. The van der Waals surface area contributed by atoms with Gasteiger partial charge in [0.1, 0.15) is 0 Å². The molecule has 1 heterocycles. The van der Waals surface area contributed by atoms with E-state index in [-0.39, 0.29) is 37.3 Å². The summed E-state index contributed by atoms with van der Waals surface area (Å²) in [5.74, 6) is 0.444. The molecule has 1 aliphatic carbocycles. The lowest BCUT2D eigenvalue weighted by Gasteiger charge is -2.27. The van der Waals surface area contributed by atoms with Crippen LogP contribution in [0.15, 0.2) is 0 Å². The second-order valence-corrected chi connectivity index (χ2v) is 2.76. The molecule has 0 bridgehead atoms. The Hall–Kier alpha value is -0.120. The summed E-state index contributed by atoms with van der Waals surface area (Å²) < 4.78 is 5.11. The molecule has 0 aromatic heterocycles. The quantitative estimate of drug-likeness (QED) is 0.471. The van der Waals surface area contributed by atoms with Gasteiger partial charge in [0.25, 0.3) is 0 Å². The van der Waals surface area contributed by atoms with Gasteiger partial charge in [-0.05, 0) is 0 Å². The SMILES string of the molecule is OC[C@@H]1C2OC2[C@@H]1CO. The lowest BCUT2D eigenvalue weighted by molar-refractivity contribution is 0.0791. The van der Waals surface area contributed by atoms with Crippen molar-refractivity contribution < 1.29 is 14.9 Å². The first kappa shape index (κ1) is 5.65. The summed E-state index contributed by atoms with van der Waals surface area (Å²) in [4.78, 5) is 0. The molecule has 3 heteroatoms. The van der Waals surface area contributed by atoms with E-state index in [1.807, 2.05) is 0 Å². The third kappa shape index (κ3) is 0.569. The van der Waals surface area contributed by atoms with Crippen molar-refractivity contribution in [1.82, 2.24) is 0 Å². The highest BCUT2D eigenvalue weighted by molar-refractivity contribution is 5.09. The van der Waals surface area contributed by atoms with Crippen LogP contribution in [0.4, 0.5) is 0 Å². The van der Waals surface area contributed by atoms with Crippen LogP contribution < -0.4 is 0 Å². The fraction of sp³-hybridized carbons (Fsp3) is 1.00. The number of aliphatic hydroxyl groups is 2. The van der Waals surface area contributed by atoms with Gasteiger partial charge in [-0.2, -0.15) is 0 Å². The van der Waals surface area contributed by atoms with Crippen molar-refractivity contribution >= 4 is 0 Å². The Morgan fingerprint density at radius 2 is 1.44 bits per heavy atom. The molecule has 1 saturated carbocycles. The molecule has 9 heavy (non-hydrogen) atoms. The van der Waals surface area contributed by atoms with Gasteiger partial charge in [-0.25, -0.2) is 0 Å². The Bertz CT molecular complexity index is 111. The van der Waals surface area contributed by atoms with Crippen molar-refractivity contribution in [3.8, 4) is 0 Å². The molecule has 1 saturated heterocycles. The molecule has 2 N–H and O–H groups in total. The molecule has 0 spiro atoms. The lowest BCUT2D eigenvalue weighted by Crippen LogP contribution is -2.41. The van der Waals surface area contributed by atoms with Crippen LogP contribution in [0.3, 0.4) is 0 Å². The van der Waals surface area contributed by atoms with Gasteiger partial charge in [-0.3, -0.25) is 0 Å². The minimum atomic E-state index is 0.159. The molecular formula is C6H10O3. The number of fused-ring (bicyclic) bond motifs is 1. The molecule has 4 atom stereocenters. The first-order valence-corrected chi connectivity index (χ1v) is 3.25. The van der Waals surface area contributed by atoms with Crippen LogP contribution in [0.2, 0.25) is 0 Å². The van der Waals surface area contributed by atoms with E-state index in [1.165, 1.54) is 0 Å². The summed E-state index contributed by atoms with van der Waals surface area (Å²) in [6.07, 6.45) is 0.569. The van der Waals surface area contributed by atoms with Crippen molar-refractivity contribution in [3.05, 3.63) is 0 Å². The van der Waals surface area contributed by atoms with E-state index in [2.05, 4.69) is 0 Å². The lowest BCUT2D eigenvalue weighted by atomic mass is 9.75. The Morgan fingerprint density at radius 3 is 1.78 bits per heavy atom. The Balaban J connectivity index is 1.94. The molecular weight excluding hydrogens is 120 g/mol. The molecule has 52 valence electrons. The predicted molar refractivity (Wildman–Crippen MR) is 29.8 cm³/mol. The van der Waals surface area contributed by atoms with E-state index in [1.54, 1.807) is 0 Å². The monoisotopic (exact) mass is 130 g/mol. The zero-order chi connectivity index (χ0) is 6.43. The van der Waals surface area contributed by atoms with Crippen LogP contribution in [-0.4, -0.2) is 35.6 Å². The number of aliphatic hydroxyl groups excluding tert-OH is 2. The summed E-state index contributed by atoms with van der Waals surface area (Å²) in [6, 6.07) is 0. The number of epoxide rings is 1. The second-order valence-electron chi connectivity index (χ2n) is 2.76. The van der Waals surface area contributed by atoms with Crippen molar-refractivity contribution in [2.45, 2.75) is 12.2 Å². The van der Waals surface area contributed by atoms with E-state index in [4.69, 9.17) is 14.9 Å². The Labute approximate surface area is 53.3 Å². The van der Waals surface area contributed by atoms with Crippen LogP contribution in [0, 0.1) is 11.8 Å². The van der Waals surface area contributed by atoms with Crippen LogP contribution in [0.5, 0.6) is 0 Å². The van der Waals surface area contributed by atoms with Gasteiger partial charge >= 0.3 is 0 Å². The molecule has 0 aromatic carbocycles. The maximum atomic E-state index is 8.69. The van der Waals surface area contributed by atoms with E-state index >= 15 is 0 Å². The summed E-state index contributed by atoms with van der Waals surface area (Å²) >= 11 is 0. The zero-order valence-electron chi connectivity index (χ0n) is 5.03. The highest BCUT2D eigenvalue weighted by atomic mass is 16.6. The first-order valence-electron chi connectivity index (χ1n) is 3.25. The number of ether oxygens (including phenoxy) is 1. The Morgan fingerprint density at radius 1 is 1.00 bits per heavy atom. The van der Waals surface area contributed by atoms with Gasteiger partial charge in [-0.1, -0.05) is 0 Å². The van der Waals surface area contributed by atoms with Crippen LogP contribution >= 0.6 is 0 Å². The third-order valence-electron chi connectivity index (χ3n) is 2.38. The van der Waals surface area contributed by atoms with Gasteiger partial charge < -0.3 is 14.9 Å². The van der Waals surface area contributed by atoms with Crippen molar-refractivity contribution in [2.75, 3.05) is 13.2 Å². The molecule has 0 amide bonds. The Kier molecular flexibility index (Phi) is 1.06. The molecule has 2 aliphatic rings. The van der Waals surface area contributed by atoms with Gasteiger partial charge in [0, 0.05) is 25.0 Å². The van der Waals surface area contributed by atoms with E-state index in [9.17, 15) is 0 Å². The van der Waals surface area contributed by atoms with Crippen LogP contribution in [0.1, 0.15) is 0 Å². The zero-order valence-corrected chi connectivity index (χ0v) is 5.03. The maximum Gasteiger partial charge on any atom is 0.0900 e. The highest BCUT2D eigenvalue weighted by Crippen LogP contribution is 2.51. The van der Waals surface area contributed by atoms with Crippen LogP contribution in [0.25, 0.3) is 0 Å². The fourth-order valence-corrected chi connectivity index (χ4v) is 1.65. The summed E-state index contributed by atoms with van der Waals surface area (Å²) in [7, 11) is 0. The minimum Gasteiger partial charge on any atom is -0.396 e. The predicted octanol–water partition coefficient (Wildman–Crippen LogP) is -1.02. The molecule has 0 aromatic rings. The van der Waals surface area contributed by atoms with Gasteiger partial charge in [0.05, 0.1) is 12.2 Å². The molecule has 2 fully saturated rings. The number of hydrogen-bond donors (Lipinski definition) is 2. The normalized spacial score (nSPS) is 54.0. The van der Waals surface area contributed by atoms with E-state index in [0.717, 1.165) is 0 Å². The van der Waals surface area contributed by atoms with Crippen molar-refractivity contribution in [3.63, 3.8) is 0 Å². The standard InChI is InChI=1S/C6H10O3/c7-1-3-4(2-8)6-5(3)9-6/h3-8H,1-2H2/t3-,4+,5?,6?. The summed E-state index contributed by atoms with van der Waals surface area (Å²) in [5, 5.41) is 17.4. The van der Waals surface area contributed by atoms with Gasteiger partial charge in [0.15, 0.2) is 0 Å². The van der Waals surface area contributed by atoms with Gasteiger partial charge in [-0.15, -0.1) is 0 Å². The number of hydrogen-bond acceptors (Lipinski definition) is 3. The topological polar surface area (TPSA) is 53.0 Å². The minimum absolute atomic E-state index is 0.159. The molecule has 3 nitrogen and oxygen atoms in total. The molecule has 1 aliphatic heterocycles. The van der Waals surface area contributed by atoms with Gasteiger partial charge in [0.2, 0.25) is 0 Å². The van der Waals surface area contributed by atoms with Crippen LogP contribution in [-0.2, 0) is 4.74 Å². The average molecular weight is 130 g/mol. The largest absolute Gasteiger partial charge is 0.396 e. The third-order valence-corrected chi connectivity index (χ3v) is 2.38. The second kappa shape index (κ2) is 1.68. The molecule has 2 rings (SSSR count). The van der Waals surface area contributed by atoms with Crippen molar-refractivity contribution in [1.29, 1.82) is 0 Å². The first-order chi connectivity index (χ1) is 4.38. The average Bonchev–Trinajstić information content (AvgIpc) is 2.47. The number of rotatable bonds is 2.